The lowest BCUT2D eigenvalue weighted by molar-refractivity contribution is 1.28. The smallest absolute Gasteiger partial charge is 0.0670 e. The summed E-state index contributed by atoms with van der Waals surface area (Å²) in [6.45, 7) is 0. The molecule has 0 aliphatic carbocycles. The summed E-state index contributed by atoms with van der Waals surface area (Å²) in [5, 5.41) is 12.2. The SMILES string of the molecule is N#CCc1c(-c2cccs2)[nH]c2ccccc12. The van der Waals surface area contributed by atoms with Gasteiger partial charge in [0.2, 0.25) is 0 Å². The van der Waals surface area contributed by atoms with Gasteiger partial charge in [-0.2, -0.15) is 5.26 Å². The molecular weight excluding hydrogens is 228 g/mol. The van der Waals surface area contributed by atoms with Crippen LogP contribution in [-0.4, -0.2) is 4.98 Å². The number of hydrogen-bond acceptors (Lipinski definition) is 2. The number of nitrogens with zero attached hydrogens (tertiary/aromatic N) is 1. The molecule has 17 heavy (non-hydrogen) atoms. The van der Waals surface area contributed by atoms with Crippen LogP contribution in [0.15, 0.2) is 41.8 Å². The topological polar surface area (TPSA) is 39.6 Å². The minimum atomic E-state index is 0.442. The van der Waals surface area contributed by atoms with E-state index in [0.717, 1.165) is 22.2 Å². The van der Waals surface area contributed by atoms with Crippen LogP contribution < -0.4 is 0 Å². The van der Waals surface area contributed by atoms with Crippen LogP contribution in [0, 0.1) is 11.3 Å². The number of nitriles is 1. The maximum atomic E-state index is 8.96. The van der Waals surface area contributed by atoms with Gasteiger partial charge in [-0.25, -0.2) is 0 Å². The Hall–Kier alpha value is -2.05. The molecule has 0 bridgehead atoms. The Balaban J connectivity index is 2.31. The third-order valence-electron chi connectivity index (χ3n) is 2.84. The van der Waals surface area contributed by atoms with Gasteiger partial charge in [-0.3, -0.25) is 0 Å². The molecule has 3 aromatic rings. The van der Waals surface area contributed by atoms with E-state index in [1.807, 2.05) is 24.3 Å². The molecule has 0 amide bonds. The predicted octanol–water partition coefficient (Wildman–Crippen LogP) is 3.96. The van der Waals surface area contributed by atoms with Crippen LogP contribution in [0.2, 0.25) is 0 Å². The average Bonchev–Trinajstić information content (AvgIpc) is 2.97. The second-order valence-electron chi connectivity index (χ2n) is 3.84. The number of fused-ring (bicyclic) bond motifs is 1. The molecule has 0 atom stereocenters. The fourth-order valence-electron chi connectivity index (χ4n) is 2.09. The van der Waals surface area contributed by atoms with Gasteiger partial charge in [-0.05, 0) is 17.5 Å². The lowest BCUT2D eigenvalue weighted by Gasteiger charge is -1.97. The molecule has 3 heteroatoms. The second kappa shape index (κ2) is 4.08. The molecule has 2 aromatic heterocycles. The quantitative estimate of drug-likeness (QED) is 0.721. The first-order valence-electron chi connectivity index (χ1n) is 5.40. The van der Waals surface area contributed by atoms with E-state index < -0.39 is 0 Å². The zero-order chi connectivity index (χ0) is 11.7. The lowest BCUT2D eigenvalue weighted by atomic mass is 10.1. The lowest BCUT2D eigenvalue weighted by Crippen LogP contribution is -1.82. The first-order valence-corrected chi connectivity index (χ1v) is 6.28. The van der Waals surface area contributed by atoms with E-state index in [-0.39, 0.29) is 0 Å². The molecule has 82 valence electrons. The number of rotatable bonds is 2. The number of benzene rings is 1. The minimum Gasteiger partial charge on any atom is -0.354 e. The molecular formula is C14H10N2S. The normalized spacial score (nSPS) is 10.5. The highest BCUT2D eigenvalue weighted by Crippen LogP contribution is 2.32. The predicted molar refractivity (Wildman–Crippen MR) is 70.9 cm³/mol. The highest BCUT2D eigenvalue weighted by Gasteiger charge is 2.12. The van der Waals surface area contributed by atoms with Gasteiger partial charge in [-0.15, -0.1) is 11.3 Å². The van der Waals surface area contributed by atoms with Crippen molar-refractivity contribution < 1.29 is 0 Å². The molecule has 0 radical (unpaired) electrons. The molecule has 1 aromatic carbocycles. The fourth-order valence-corrected chi connectivity index (χ4v) is 2.85. The number of para-hydroxylation sites is 1. The number of nitrogens with one attached hydrogen (secondary N) is 1. The van der Waals surface area contributed by atoms with Crippen LogP contribution >= 0.6 is 11.3 Å². The largest absolute Gasteiger partial charge is 0.354 e. The summed E-state index contributed by atoms with van der Waals surface area (Å²) in [5.74, 6) is 0. The summed E-state index contributed by atoms with van der Waals surface area (Å²) in [6.07, 6.45) is 0.442. The van der Waals surface area contributed by atoms with Crippen molar-refractivity contribution in [3.8, 4) is 16.6 Å². The maximum Gasteiger partial charge on any atom is 0.0670 e. The van der Waals surface area contributed by atoms with Crippen LogP contribution in [0.25, 0.3) is 21.5 Å². The molecule has 0 saturated heterocycles. The molecule has 0 aliphatic rings. The van der Waals surface area contributed by atoms with Crippen molar-refractivity contribution in [2.24, 2.45) is 0 Å². The Bertz CT molecular complexity index is 687. The Morgan fingerprint density at radius 2 is 2.06 bits per heavy atom. The van der Waals surface area contributed by atoms with E-state index in [0.29, 0.717) is 6.42 Å². The van der Waals surface area contributed by atoms with Crippen molar-refractivity contribution in [3.05, 3.63) is 47.3 Å². The molecule has 1 N–H and O–H groups in total. The van der Waals surface area contributed by atoms with E-state index in [4.69, 9.17) is 5.26 Å². The van der Waals surface area contributed by atoms with Gasteiger partial charge in [0, 0.05) is 16.5 Å². The van der Waals surface area contributed by atoms with Gasteiger partial charge in [-0.1, -0.05) is 24.3 Å². The van der Waals surface area contributed by atoms with Gasteiger partial charge < -0.3 is 4.98 Å². The molecule has 0 spiro atoms. The monoisotopic (exact) mass is 238 g/mol. The molecule has 2 heterocycles. The Labute approximate surface area is 103 Å². The standard InChI is InChI=1S/C14H10N2S/c15-8-7-11-10-4-1-2-5-12(10)16-14(11)13-6-3-9-17-13/h1-6,9,16H,7H2. The van der Waals surface area contributed by atoms with Crippen LogP contribution in [0.5, 0.6) is 0 Å². The summed E-state index contributed by atoms with van der Waals surface area (Å²) in [6, 6.07) is 14.5. The number of hydrogen-bond donors (Lipinski definition) is 1. The Kier molecular flexibility index (Phi) is 2.43. The summed E-state index contributed by atoms with van der Waals surface area (Å²) >= 11 is 1.69. The van der Waals surface area contributed by atoms with Crippen molar-refractivity contribution in [1.29, 1.82) is 5.26 Å². The van der Waals surface area contributed by atoms with Gasteiger partial charge in [0.05, 0.1) is 23.1 Å². The summed E-state index contributed by atoms with van der Waals surface area (Å²) in [5.41, 5.74) is 3.29. The number of aromatic amines is 1. The Morgan fingerprint density at radius 1 is 1.18 bits per heavy atom. The minimum absolute atomic E-state index is 0.442. The molecule has 0 unspecified atom stereocenters. The third kappa shape index (κ3) is 1.63. The Morgan fingerprint density at radius 3 is 2.82 bits per heavy atom. The van der Waals surface area contributed by atoms with E-state index in [9.17, 15) is 0 Å². The molecule has 2 nitrogen and oxygen atoms in total. The van der Waals surface area contributed by atoms with E-state index in [1.165, 1.54) is 4.88 Å². The van der Waals surface area contributed by atoms with Crippen LogP contribution in [-0.2, 0) is 6.42 Å². The van der Waals surface area contributed by atoms with Crippen molar-refractivity contribution in [1.82, 2.24) is 4.98 Å². The van der Waals surface area contributed by atoms with Crippen molar-refractivity contribution in [2.45, 2.75) is 6.42 Å². The average molecular weight is 238 g/mol. The van der Waals surface area contributed by atoms with E-state index >= 15 is 0 Å². The first kappa shape index (κ1) is 10.1. The molecule has 3 rings (SSSR count). The van der Waals surface area contributed by atoms with Gasteiger partial charge in [0.25, 0.3) is 0 Å². The molecule has 0 aliphatic heterocycles. The first-order chi connectivity index (χ1) is 8.40. The van der Waals surface area contributed by atoms with Crippen LogP contribution in [0.3, 0.4) is 0 Å². The highest BCUT2D eigenvalue weighted by molar-refractivity contribution is 7.13. The van der Waals surface area contributed by atoms with Crippen LogP contribution in [0.1, 0.15) is 5.56 Å². The summed E-state index contributed by atoms with van der Waals surface area (Å²) in [7, 11) is 0. The molecule has 0 saturated carbocycles. The van der Waals surface area contributed by atoms with Gasteiger partial charge >= 0.3 is 0 Å². The van der Waals surface area contributed by atoms with Crippen molar-refractivity contribution in [3.63, 3.8) is 0 Å². The van der Waals surface area contributed by atoms with Gasteiger partial charge in [0.15, 0.2) is 0 Å². The van der Waals surface area contributed by atoms with Crippen LogP contribution in [0.4, 0.5) is 0 Å². The number of aromatic nitrogens is 1. The van der Waals surface area contributed by atoms with E-state index in [2.05, 4.69) is 28.6 Å². The highest BCUT2D eigenvalue weighted by atomic mass is 32.1. The molecule has 0 fully saturated rings. The summed E-state index contributed by atoms with van der Waals surface area (Å²) in [4.78, 5) is 4.60. The van der Waals surface area contributed by atoms with E-state index in [1.54, 1.807) is 11.3 Å². The van der Waals surface area contributed by atoms with Gasteiger partial charge in [0.1, 0.15) is 0 Å². The summed E-state index contributed by atoms with van der Waals surface area (Å²) < 4.78 is 0. The van der Waals surface area contributed by atoms with Crippen molar-refractivity contribution >= 4 is 22.2 Å². The third-order valence-corrected chi connectivity index (χ3v) is 3.72. The number of H-pyrrole nitrogens is 1. The second-order valence-corrected chi connectivity index (χ2v) is 4.78. The fraction of sp³-hybridized carbons (Fsp3) is 0.0714. The zero-order valence-corrected chi connectivity index (χ0v) is 9.92. The van der Waals surface area contributed by atoms with Crippen molar-refractivity contribution in [2.75, 3.05) is 0 Å². The maximum absolute atomic E-state index is 8.96. The zero-order valence-electron chi connectivity index (χ0n) is 9.10. The number of thiophene rings is 1.